The summed E-state index contributed by atoms with van der Waals surface area (Å²) in [5, 5.41) is 0. The molecule has 0 radical (unpaired) electrons. The maximum absolute atomic E-state index is 13.7. The molecule has 1 unspecified atom stereocenters. The minimum Gasteiger partial charge on any atom is -0.290 e. The summed E-state index contributed by atoms with van der Waals surface area (Å²) in [5.41, 5.74) is -0.648. The van der Waals surface area contributed by atoms with Crippen molar-refractivity contribution in [1.82, 2.24) is 4.90 Å². The molecule has 1 heterocycles. The van der Waals surface area contributed by atoms with Gasteiger partial charge in [-0.3, -0.25) is 4.90 Å². The zero-order chi connectivity index (χ0) is 18.8. The fourth-order valence-electron chi connectivity index (χ4n) is 4.99. The highest BCUT2D eigenvalue weighted by molar-refractivity contribution is 7.94. The minimum atomic E-state index is -3.36. The van der Waals surface area contributed by atoms with E-state index < -0.39 is 24.7 Å². The Morgan fingerprint density at radius 1 is 0.826 bits per heavy atom. The monoisotopic (exact) mass is 345 g/mol. The van der Waals surface area contributed by atoms with Gasteiger partial charge in [0.05, 0.1) is 9.49 Å². The van der Waals surface area contributed by atoms with Gasteiger partial charge in [-0.25, -0.2) is 8.42 Å². The number of nitrogens with zero attached hydrogens (tertiary/aromatic N) is 1. The topological polar surface area (TPSA) is 37.4 Å². The molecule has 1 saturated heterocycles. The molecule has 0 aliphatic carbocycles. The molecule has 0 spiro atoms. The molecule has 0 bridgehead atoms. The van der Waals surface area contributed by atoms with Crippen LogP contribution in [0.3, 0.4) is 0 Å². The molecule has 138 valence electrons. The molecule has 0 aromatic heterocycles. The van der Waals surface area contributed by atoms with Gasteiger partial charge < -0.3 is 0 Å². The van der Waals surface area contributed by atoms with Crippen LogP contribution < -0.4 is 0 Å². The lowest BCUT2D eigenvalue weighted by atomic mass is 9.64. The third-order valence-electron chi connectivity index (χ3n) is 7.24. The third kappa shape index (κ3) is 2.42. The normalized spacial score (nSPS) is 32.0. The van der Waals surface area contributed by atoms with E-state index in [0.717, 1.165) is 0 Å². The molecular weight excluding hydrogens is 306 g/mol. The maximum Gasteiger partial charge on any atom is 0.162 e. The van der Waals surface area contributed by atoms with Crippen LogP contribution in [0.5, 0.6) is 0 Å². The molecule has 1 fully saturated rings. The maximum atomic E-state index is 13.7. The Morgan fingerprint density at radius 2 is 1.22 bits per heavy atom. The zero-order valence-corrected chi connectivity index (χ0v) is 18.2. The smallest absolute Gasteiger partial charge is 0.162 e. The van der Waals surface area contributed by atoms with Crippen LogP contribution in [0, 0.1) is 11.3 Å². The van der Waals surface area contributed by atoms with Gasteiger partial charge >= 0.3 is 0 Å². The molecule has 3 nitrogen and oxygen atoms in total. The summed E-state index contributed by atoms with van der Waals surface area (Å²) in [6, 6.07) is 0.253. The van der Waals surface area contributed by atoms with Gasteiger partial charge in [0.25, 0.3) is 0 Å². The third-order valence-corrected chi connectivity index (χ3v) is 10.7. The predicted molar refractivity (Wildman–Crippen MR) is 101 cm³/mol. The van der Waals surface area contributed by atoms with Crippen molar-refractivity contribution in [3.63, 3.8) is 0 Å². The van der Waals surface area contributed by atoms with Crippen molar-refractivity contribution in [2.45, 2.75) is 110 Å². The summed E-state index contributed by atoms with van der Waals surface area (Å²) < 4.78 is 25.9. The lowest BCUT2D eigenvalue weighted by Gasteiger charge is -2.56. The highest BCUT2D eigenvalue weighted by Crippen LogP contribution is 2.56. The summed E-state index contributed by atoms with van der Waals surface area (Å²) in [6.45, 7) is 25.1. The van der Waals surface area contributed by atoms with E-state index in [9.17, 15) is 8.42 Å². The van der Waals surface area contributed by atoms with Crippen LogP contribution in [0.15, 0.2) is 0 Å². The summed E-state index contributed by atoms with van der Waals surface area (Å²) >= 11 is 0. The Kier molecular flexibility index (Phi) is 4.97. The van der Waals surface area contributed by atoms with Crippen molar-refractivity contribution in [3.05, 3.63) is 0 Å². The SMILES string of the molecule is CC(C)C1N(C(C)C)C(C)(C)C(C)(C)C(C)(C)S(=O)(=O)C1(C)C. The van der Waals surface area contributed by atoms with Crippen LogP contribution in [-0.4, -0.2) is 40.4 Å². The van der Waals surface area contributed by atoms with Crippen molar-refractivity contribution < 1.29 is 8.42 Å². The van der Waals surface area contributed by atoms with E-state index in [1.165, 1.54) is 0 Å². The molecule has 1 rings (SSSR count). The molecule has 1 aliphatic heterocycles. The summed E-state index contributed by atoms with van der Waals surface area (Å²) in [4.78, 5) is 2.48. The highest BCUT2D eigenvalue weighted by Gasteiger charge is 2.67. The lowest BCUT2D eigenvalue weighted by molar-refractivity contribution is -0.0656. The summed E-state index contributed by atoms with van der Waals surface area (Å²) in [6.07, 6.45) is 0. The van der Waals surface area contributed by atoms with Crippen molar-refractivity contribution in [2.75, 3.05) is 0 Å². The molecule has 0 aromatic rings. The molecule has 1 aliphatic rings. The van der Waals surface area contributed by atoms with Gasteiger partial charge in [0.2, 0.25) is 0 Å². The average Bonchev–Trinajstić information content (AvgIpc) is 2.33. The van der Waals surface area contributed by atoms with E-state index in [2.05, 4.69) is 60.3 Å². The van der Waals surface area contributed by atoms with Crippen LogP contribution in [0.4, 0.5) is 0 Å². The number of rotatable bonds is 2. The Labute approximate surface area is 145 Å². The van der Waals surface area contributed by atoms with Crippen LogP contribution in [-0.2, 0) is 9.84 Å². The van der Waals surface area contributed by atoms with Crippen molar-refractivity contribution in [3.8, 4) is 0 Å². The Bertz CT molecular complexity index is 554. The Morgan fingerprint density at radius 3 is 1.52 bits per heavy atom. The second kappa shape index (κ2) is 5.45. The fourth-order valence-corrected chi connectivity index (χ4v) is 7.93. The van der Waals surface area contributed by atoms with Crippen molar-refractivity contribution >= 4 is 9.84 Å². The largest absolute Gasteiger partial charge is 0.290 e. The molecule has 0 N–H and O–H groups in total. The fraction of sp³-hybridized carbons (Fsp3) is 1.00. The predicted octanol–water partition coefficient (Wildman–Crippen LogP) is 4.51. The van der Waals surface area contributed by atoms with Gasteiger partial charge in [-0.2, -0.15) is 0 Å². The first-order valence-electron chi connectivity index (χ1n) is 8.91. The first kappa shape index (κ1) is 21.0. The lowest BCUT2D eigenvalue weighted by Crippen LogP contribution is -2.65. The minimum absolute atomic E-state index is 0.0245. The Balaban J connectivity index is 3.98. The van der Waals surface area contributed by atoms with Gasteiger partial charge in [-0.1, -0.05) is 27.7 Å². The molecule has 4 heteroatoms. The molecular formula is C19H39NO2S. The van der Waals surface area contributed by atoms with E-state index in [4.69, 9.17) is 0 Å². The van der Waals surface area contributed by atoms with Gasteiger partial charge in [-0.15, -0.1) is 0 Å². The second-order valence-corrected chi connectivity index (χ2v) is 13.1. The molecule has 23 heavy (non-hydrogen) atoms. The average molecular weight is 346 g/mol. The Hall–Kier alpha value is -0.0900. The van der Waals surface area contributed by atoms with Crippen LogP contribution >= 0.6 is 0 Å². The van der Waals surface area contributed by atoms with Crippen LogP contribution in [0.2, 0.25) is 0 Å². The van der Waals surface area contributed by atoms with Crippen LogP contribution in [0.25, 0.3) is 0 Å². The van der Waals surface area contributed by atoms with Crippen LogP contribution in [0.1, 0.15) is 83.1 Å². The number of sulfone groups is 1. The standard InChI is InChI=1S/C19H39NO2S/c1-13(2)15-16(5,6)23(21,22)19(11,12)17(7,8)18(9,10)20(15)14(3)4/h13-15H,1-12H3. The zero-order valence-electron chi connectivity index (χ0n) is 17.4. The van der Waals surface area contributed by atoms with Crippen molar-refractivity contribution in [1.29, 1.82) is 0 Å². The van der Waals surface area contributed by atoms with E-state index in [1.54, 1.807) is 0 Å². The molecule has 0 amide bonds. The summed E-state index contributed by atoms with van der Waals surface area (Å²) in [7, 11) is -3.36. The summed E-state index contributed by atoms with van der Waals surface area (Å²) in [5.74, 6) is 0.256. The molecule has 1 atom stereocenters. The van der Waals surface area contributed by atoms with Gasteiger partial charge in [0, 0.05) is 23.0 Å². The van der Waals surface area contributed by atoms with E-state index in [-0.39, 0.29) is 23.5 Å². The quantitative estimate of drug-likeness (QED) is 0.739. The molecule has 0 aromatic carbocycles. The van der Waals surface area contributed by atoms with Gasteiger partial charge in [0.1, 0.15) is 0 Å². The van der Waals surface area contributed by atoms with Gasteiger partial charge in [-0.05, 0) is 61.3 Å². The first-order chi connectivity index (χ1) is 9.89. The van der Waals surface area contributed by atoms with E-state index in [1.807, 2.05) is 27.7 Å². The highest BCUT2D eigenvalue weighted by atomic mass is 32.2. The van der Waals surface area contributed by atoms with Gasteiger partial charge in [0.15, 0.2) is 9.84 Å². The number of hydrogen-bond donors (Lipinski definition) is 0. The second-order valence-electron chi connectivity index (χ2n) is 9.99. The first-order valence-corrected chi connectivity index (χ1v) is 10.4. The van der Waals surface area contributed by atoms with Crippen molar-refractivity contribution in [2.24, 2.45) is 11.3 Å². The van der Waals surface area contributed by atoms with E-state index >= 15 is 0 Å². The molecule has 0 saturated carbocycles. The number of hydrogen-bond acceptors (Lipinski definition) is 3. The van der Waals surface area contributed by atoms with E-state index in [0.29, 0.717) is 0 Å².